The Morgan fingerprint density at radius 3 is 0.967 bits per heavy atom. The average Bonchev–Trinajstić information content (AvgIpc) is 3.83. The van der Waals surface area contributed by atoms with Crippen molar-refractivity contribution in [3.8, 4) is 0 Å². The Bertz CT molecular complexity index is 908. The normalized spacial score (nSPS) is 18.7. The van der Waals surface area contributed by atoms with E-state index in [0.717, 1.165) is 61.3 Å². The Hall–Kier alpha value is 0.0600. The Morgan fingerprint density at radius 1 is 0.383 bits per heavy atom. The van der Waals surface area contributed by atoms with Crippen molar-refractivity contribution in [2.45, 2.75) is 219 Å². The van der Waals surface area contributed by atoms with Crippen LogP contribution in [0, 0.1) is 0 Å². The standard InChI is InChI=1S/C50H104N8.2BrH/c1-3-5-7-9-11-13-15-17-19-21-23-25-29-33-49-55-41-47-57(49,45-39-53-37-35-51)43-31-27-28-32-44-58(46-40-54-38-36-52)48-42-56-50(58)34-30-26-24-22-20-18-16-14-12-10-8-6-4-2;;/h53-54H,3-48,51-52H2,1-2H3;2*1H/q+2;;/p-2. The number of quaternary nitrogens is 2. The van der Waals surface area contributed by atoms with Crippen LogP contribution in [0.15, 0.2) is 9.98 Å². The van der Waals surface area contributed by atoms with Crippen molar-refractivity contribution in [3.05, 3.63) is 0 Å². The average molecular weight is 977 g/mol. The molecule has 2 rings (SSSR count). The minimum atomic E-state index is 0. The van der Waals surface area contributed by atoms with Crippen LogP contribution in [0.2, 0.25) is 0 Å². The summed E-state index contributed by atoms with van der Waals surface area (Å²) in [7, 11) is 0. The molecule has 6 N–H and O–H groups in total. The molecule has 2 aliphatic heterocycles. The van der Waals surface area contributed by atoms with Crippen LogP contribution in [-0.2, 0) is 0 Å². The second kappa shape index (κ2) is 43.0. The van der Waals surface area contributed by atoms with Crippen molar-refractivity contribution in [3.63, 3.8) is 0 Å². The van der Waals surface area contributed by atoms with E-state index in [1.165, 1.54) is 256 Å². The van der Waals surface area contributed by atoms with Gasteiger partial charge in [0.1, 0.15) is 13.1 Å². The van der Waals surface area contributed by atoms with Crippen molar-refractivity contribution < 1.29 is 42.9 Å². The summed E-state index contributed by atoms with van der Waals surface area (Å²) in [6.07, 6.45) is 44.5. The van der Waals surface area contributed by atoms with E-state index in [9.17, 15) is 0 Å². The van der Waals surface area contributed by atoms with Crippen molar-refractivity contribution in [1.82, 2.24) is 10.6 Å². The number of amidine groups is 2. The van der Waals surface area contributed by atoms with Gasteiger partial charge >= 0.3 is 0 Å². The number of hydrogen-bond acceptors (Lipinski definition) is 6. The molecule has 2 atom stereocenters. The SMILES string of the molecule is CCCCCCCCCCCCCCCC1=NCC[N+]1(CCCCCC[N+]1(CCNCCN)CCN=C1CCCCCCCCCCCCCCC)CCNCCN.[Br-].[Br-]. The van der Waals surface area contributed by atoms with Crippen LogP contribution in [0.1, 0.15) is 219 Å². The number of halogens is 2. The molecule has 0 aromatic carbocycles. The summed E-state index contributed by atoms with van der Waals surface area (Å²) in [5.74, 6) is 3.02. The van der Waals surface area contributed by atoms with Gasteiger partial charge in [-0.3, -0.25) is 8.97 Å². The van der Waals surface area contributed by atoms with Crippen molar-refractivity contribution in [2.24, 2.45) is 21.5 Å². The van der Waals surface area contributed by atoms with E-state index in [0.29, 0.717) is 0 Å². The Kier molecular flexibility index (Phi) is 43.0. The highest BCUT2D eigenvalue weighted by Gasteiger charge is 2.38. The maximum atomic E-state index is 5.84. The van der Waals surface area contributed by atoms with Gasteiger partial charge in [-0.2, -0.15) is 0 Å². The van der Waals surface area contributed by atoms with Gasteiger partial charge in [0.2, 0.25) is 0 Å². The number of rotatable bonds is 45. The van der Waals surface area contributed by atoms with Gasteiger partial charge in [-0.15, -0.1) is 0 Å². The minimum Gasteiger partial charge on any atom is -1.00 e. The quantitative estimate of drug-likeness (QED) is 0.0507. The van der Waals surface area contributed by atoms with E-state index in [-0.39, 0.29) is 34.0 Å². The minimum absolute atomic E-state index is 0. The van der Waals surface area contributed by atoms with Crippen molar-refractivity contribution in [2.75, 3.05) is 91.6 Å². The molecule has 0 amide bonds. The fourth-order valence-corrected chi connectivity index (χ4v) is 9.94. The third-order valence-corrected chi connectivity index (χ3v) is 13.7. The van der Waals surface area contributed by atoms with Gasteiger partial charge in [-0.05, 0) is 38.5 Å². The molecule has 0 saturated heterocycles. The van der Waals surface area contributed by atoms with E-state index >= 15 is 0 Å². The highest BCUT2D eigenvalue weighted by Crippen LogP contribution is 2.25. The fraction of sp³-hybridized carbons (Fsp3) is 0.960. The first-order valence-corrected chi connectivity index (χ1v) is 26.3. The zero-order chi connectivity index (χ0) is 41.5. The van der Waals surface area contributed by atoms with Gasteiger partial charge < -0.3 is 56.1 Å². The van der Waals surface area contributed by atoms with E-state index < -0.39 is 0 Å². The second-order valence-electron chi connectivity index (χ2n) is 18.7. The van der Waals surface area contributed by atoms with Crippen LogP contribution in [-0.4, -0.2) is 112 Å². The molecule has 2 aliphatic rings. The van der Waals surface area contributed by atoms with Crippen LogP contribution >= 0.6 is 0 Å². The van der Waals surface area contributed by atoms with E-state index in [4.69, 9.17) is 21.5 Å². The topological polar surface area (TPSA) is 101 Å². The van der Waals surface area contributed by atoms with Gasteiger partial charge in [0, 0.05) is 52.1 Å². The largest absolute Gasteiger partial charge is 1.00 e. The van der Waals surface area contributed by atoms with Gasteiger partial charge in [-0.25, -0.2) is 9.98 Å². The lowest BCUT2D eigenvalue weighted by Gasteiger charge is -2.36. The van der Waals surface area contributed by atoms with E-state index in [1.807, 2.05) is 0 Å². The third-order valence-electron chi connectivity index (χ3n) is 13.7. The molecule has 0 saturated carbocycles. The molecule has 8 nitrogen and oxygen atoms in total. The van der Waals surface area contributed by atoms with E-state index in [2.05, 4.69) is 24.5 Å². The molecule has 0 fully saturated rings. The molecular formula is C50H104Br2N8. The first-order chi connectivity index (χ1) is 28.7. The lowest BCUT2D eigenvalue weighted by molar-refractivity contribution is -0.836. The first kappa shape index (κ1) is 60.1. The highest BCUT2D eigenvalue weighted by molar-refractivity contribution is 5.77. The zero-order valence-corrected chi connectivity index (χ0v) is 43.4. The van der Waals surface area contributed by atoms with Crippen LogP contribution in [0.3, 0.4) is 0 Å². The smallest absolute Gasteiger partial charge is 0.198 e. The lowest BCUT2D eigenvalue weighted by atomic mass is 10.0. The maximum Gasteiger partial charge on any atom is 0.198 e. The van der Waals surface area contributed by atoms with E-state index in [1.54, 1.807) is 0 Å². The molecular weight excluding hydrogens is 872 g/mol. The monoisotopic (exact) mass is 975 g/mol. The molecule has 0 aromatic rings. The van der Waals surface area contributed by atoms with Gasteiger partial charge in [0.05, 0.1) is 39.3 Å². The third kappa shape index (κ3) is 28.8. The van der Waals surface area contributed by atoms with Crippen LogP contribution in [0.4, 0.5) is 0 Å². The predicted molar refractivity (Wildman–Crippen MR) is 257 cm³/mol. The van der Waals surface area contributed by atoms with Gasteiger partial charge in [0.25, 0.3) is 0 Å². The highest BCUT2D eigenvalue weighted by atomic mass is 79.9. The van der Waals surface area contributed by atoms with Crippen LogP contribution in [0.25, 0.3) is 0 Å². The summed E-state index contributed by atoms with van der Waals surface area (Å²) in [6, 6.07) is 0. The molecule has 0 bridgehead atoms. The predicted octanol–water partition coefficient (Wildman–Crippen LogP) is 5.07. The molecule has 358 valence electrons. The molecule has 2 unspecified atom stereocenters. The van der Waals surface area contributed by atoms with Gasteiger partial charge in [0.15, 0.2) is 11.7 Å². The molecule has 0 aliphatic carbocycles. The Morgan fingerprint density at radius 2 is 0.667 bits per heavy atom. The number of nitrogens with two attached hydrogens (primary N) is 2. The molecule has 60 heavy (non-hydrogen) atoms. The summed E-state index contributed by atoms with van der Waals surface area (Å²) < 4.78 is 2.27. The second-order valence-corrected chi connectivity index (χ2v) is 18.7. The summed E-state index contributed by atoms with van der Waals surface area (Å²) in [4.78, 5) is 10.4. The summed E-state index contributed by atoms with van der Waals surface area (Å²) in [5.41, 5.74) is 11.7. The number of unbranched alkanes of at least 4 members (excludes halogenated alkanes) is 27. The first-order valence-electron chi connectivity index (χ1n) is 26.3. The summed E-state index contributed by atoms with van der Waals surface area (Å²) >= 11 is 0. The van der Waals surface area contributed by atoms with Crippen LogP contribution in [0.5, 0.6) is 0 Å². The van der Waals surface area contributed by atoms with Gasteiger partial charge in [-0.1, -0.05) is 168 Å². The molecule has 10 heteroatoms. The van der Waals surface area contributed by atoms with Crippen molar-refractivity contribution in [1.29, 1.82) is 0 Å². The number of nitrogens with one attached hydrogen (secondary N) is 2. The number of nitrogens with zero attached hydrogens (tertiary/aromatic N) is 4. The molecule has 0 aromatic heterocycles. The number of hydrogen-bond donors (Lipinski definition) is 4. The lowest BCUT2D eigenvalue weighted by Crippen LogP contribution is -3.00. The Balaban J connectivity index is 0.0000174. The summed E-state index contributed by atoms with van der Waals surface area (Å²) in [6.45, 7) is 19.3. The molecule has 0 radical (unpaired) electrons. The fourth-order valence-electron chi connectivity index (χ4n) is 9.94. The Labute approximate surface area is 395 Å². The molecule has 2 heterocycles. The number of aliphatic imine (C=N–C) groups is 2. The maximum absolute atomic E-state index is 5.84. The molecule has 0 spiro atoms. The van der Waals surface area contributed by atoms with Crippen molar-refractivity contribution >= 4 is 11.7 Å². The van der Waals surface area contributed by atoms with Crippen LogP contribution < -0.4 is 56.1 Å². The summed E-state index contributed by atoms with van der Waals surface area (Å²) in [5, 5.41) is 7.24. The zero-order valence-electron chi connectivity index (χ0n) is 40.2.